The van der Waals surface area contributed by atoms with Crippen LogP contribution in [0.3, 0.4) is 0 Å². The Hall–Kier alpha value is -1.21. The fraction of sp³-hybridized carbons (Fsp3) is 0.692. The van der Waals surface area contributed by atoms with E-state index in [4.69, 9.17) is 5.73 Å². The zero-order valence-corrected chi connectivity index (χ0v) is 13.0. The number of nitrogens with zero attached hydrogens (tertiary/aromatic N) is 5. The van der Waals surface area contributed by atoms with Crippen LogP contribution in [0.1, 0.15) is 12.6 Å². The van der Waals surface area contributed by atoms with Crippen molar-refractivity contribution in [2.45, 2.75) is 26.9 Å². The van der Waals surface area contributed by atoms with E-state index in [2.05, 4.69) is 26.5 Å². The molecule has 0 radical (unpaired) electrons. The molecule has 0 unspecified atom stereocenters. The van der Waals surface area contributed by atoms with Gasteiger partial charge in [-0.25, -0.2) is 9.67 Å². The van der Waals surface area contributed by atoms with Crippen LogP contribution >= 0.6 is 11.8 Å². The summed E-state index contributed by atoms with van der Waals surface area (Å²) >= 11 is 2.04. The van der Waals surface area contributed by atoms with E-state index in [-0.39, 0.29) is 0 Å². The second-order valence-corrected chi connectivity index (χ2v) is 6.37. The molecule has 0 atom stereocenters. The quantitative estimate of drug-likeness (QED) is 0.917. The number of nitrogen functional groups attached to an aromatic ring is 1. The maximum absolute atomic E-state index is 6.09. The lowest BCUT2D eigenvalue weighted by atomic mass is 10.4. The predicted octanol–water partition coefficient (Wildman–Crippen LogP) is 1.19. The number of hydrogen-bond donors (Lipinski definition) is 1. The minimum Gasteiger partial charge on any atom is -0.369 e. The van der Waals surface area contributed by atoms with Crippen molar-refractivity contribution in [2.24, 2.45) is 0 Å². The summed E-state index contributed by atoms with van der Waals surface area (Å²) < 4.78 is 4.11. The van der Waals surface area contributed by atoms with Gasteiger partial charge < -0.3 is 5.73 Å². The minimum absolute atomic E-state index is 0.606. The van der Waals surface area contributed by atoms with Crippen LogP contribution in [0.5, 0.6) is 0 Å². The number of thioether (sulfide) groups is 1. The van der Waals surface area contributed by atoms with Gasteiger partial charge in [0.1, 0.15) is 5.52 Å². The van der Waals surface area contributed by atoms with Crippen LogP contribution in [-0.4, -0.2) is 55.4 Å². The zero-order chi connectivity index (χ0) is 14.1. The molecule has 0 aliphatic carbocycles. The van der Waals surface area contributed by atoms with Crippen LogP contribution in [0.4, 0.5) is 5.95 Å². The van der Waals surface area contributed by atoms with Crippen LogP contribution < -0.4 is 5.73 Å². The van der Waals surface area contributed by atoms with Gasteiger partial charge in [-0.15, -0.1) is 0 Å². The topological polar surface area (TPSA) is 64.9 Å². The highest BCUT2D eigenvalue weighted by Crippen LogP contribution is 2.21. The molecule has 0 saturated carbocycles. The predicted molar refractivity (Wildman–Crippen MR) is 84.1 cm³/mol. The maximum Gasteiger partial charge on any atom is 0.202 e. The van der Waals surface area contributed by atoms with Crippen LogP contribution in [0.15, 0.2) is 0 Å². The standard InChI is InChI=1S/C13H22N6S/c1-3-19-12-11(10(2)16-19)15-13(14)18(12)5-4-17-6-8-20-9-7-17/h3-9H2,1-2H3,(H2,14,15). The van der Waals surface area contributed by atoms with E-state index in [9.17, 15) is 0 Å². The third kappa shape index (κ3) is 2.40. The van der Waals surface area contributed by atoms with Crippen molar-refractivity contribution in [3.05, 3.63) is 5.69 Å². The molecule has 0 amide bonds. The van der Waals surface area contributed by atoms with E-state index in [1.165, 1.54) is 24.6 Å². The molecule has 20 heavy (non-hydrogen) atoms. The van der Waals surface area contributed by atoms with Gasteiger partial charge in [-0.2, -0.15) is 16.9 Å². The molecule has 2 N–H and O–H groups in total. The summed E-state index contributed by atoms with van der Waals surface area (Å²) in [5, 5.41) is 4.53. The van der Waals surface area contributed by atoms with Gasteiger partial charge in [0.2, 0.25) is 5.95 Å². The zero-order valence-electron chi connectivity index (χ0n) is 12.2. The SMILES string of the molecule is CCn1nc(C)c2nc(N)n(CCN3CCSCC3)c21. The Morgan fingerprint density at radius 2 is 2.00 bits per heavy atom. The lowest BCUT2D eigenvalue weighted by Gasteiger charge is -2.26. The van der Waals surface area contributed by atoms with Gasteiger partial charge in [-0.1, -0.05) is 0 Å². The number of hydrogen-bond acceptors (Lipinski definition) is 5. The molecule has 1 fully saturated rings. The first kappa shape index (κ1) is 13.8. The number of nitrogens with two attached hydrogens (primary N) is 1. The highest BCUT2D eigenvalue weighted by molar-refractivity contribution is 7.99. The lowest BCUT2D eigenvalue weighted by Crippen LogP contribution is -2.35. The van der Waals surface area contributed by atoms with Crippen molar-refractivity contribution in [1.29, 1.82) is 0 Å². The lowest BCUT2D eigenvalue weighted by molar-refractivity contribution is 0.291. The fourth-order valence-corrected chi connectivity index (χ4v) is 3.73. The Morgan fingerprint density at radius 1 is 1.25 bits per heavy atom. The summed E-state index contributed by atoms with van der Waals surface area (Å²) in [4.78, 5) is 6.98. The van der Waals surface area contributed by atoms with E-state index in [0.29, 0.717) is 5.95 Å². The van der Waals surface area contributed by atoms with E-state index >= 15 is 0 Å². The number of rotatable bonds is 4. The average molecular weight is 294 g/mol. The normalized spacial score (nSPS) is 17.1. The molecule has 2 aromatic rings. The number of aromatic nitrogens is 4. The highest BCUT2D eigenvalue weighted by atomic mass is 32.2. The third-order valence-electron chi connectivity index (χ3n) is 3.87. The largest absolute Gasteiger partial charge is 0.369 e. The molecule has 1 aliphatic heterocycles. The van der Waals surface area contributed by atoms with Gasteiger partial charge in [0.15, 0.2) is 5.65 Å². The third-order valence-corrected chi connectivity index (χ3v) is 4.81. The molecule has 6 nitrogen and oxygen atoms in total. The Bertz CT molecular complexity index is 596. The molecular weight excluding hydrogens is 272 g/mol. The molecule has 0 spiro atoms. The van der Waals surface area contributed by atoms with Crippen LogP contribution in [0.2, 0.25) is 0 Å². The van der Waals surface area contributed by atoms with Crippen molar-refractivity contribution in [2.75, 3.05) is 36.9 Å². The molecule has 3 rings (SSSR count). The summed E-state index contributed by atoms with van der Waals surface area (Å²) in [7, 11) is 0. The van der Waals surface area contributed by atoms with Gasteiger partial charge >= 0.3 is 0 Å². The molecular formula is C13H22N6S. The van der Waals surface area contributed by atoms with Gasteiger partial charge in [0.05, 0.1) is 5.69 Å². The van der Waals surface area contributed by atoms with E-state index < -0.39 is 0 Å². The number of imidazole rings is 1. The van der Waals surface area contributed by atoms with Crippen molar-refractivity contribution in [3.63, 3.8) is 0 Å². The first-order valence-corrected chi connectivity index (χ1v) is 8.35. The molecule has 2 aromatic heterocycles. The fourth-order valence-electron chi connectivity index (χ4n) is 2.75. The number of anilines is 1. The molecule has 3 heterocycles. The molecule has 1 saturated heterocycles. The van der Waals surface area contributed by atoms with Crippen LogP contribution in [0, 0.1) is 6.92 Å². The van der Waals surface area contributed by atoms with Gasteiger partial charge in [-0.3, -0.25) is 9.47 Å². The smallest absolute Gasteiger partial charge is 0.202 e. The Balaban J connectivity index is 1.84. The van der Waals surface area contributed by atoms with Crippen molar-refractivity contribution < 1.29 is 0 Å². The van der Waals surface area contributed by atoms with Gasteiger partial charge in [0.25, 0.3) is 0 Å². The summed E-state index contributed by atoms with van der Waals surface area (Å²) in [5.41, 5.74) is 9.06. The number of fused-ring (bicyclic) bond motifs is 1. The molecule has 7 heteroatoms. The van der Waals surface area contributed by atoms with Crippen LogP contribution in [-0.2, 0) is 13.1 Å². The molecule has 0 aromatic carbocycles. The van der Waals surface area contributed by atoms with Crippen molar-refractivity contribution >= 4 is 28.9 Å². The monoisotopic (exact) mass is 294 g/mol. The van der Waals surface area contributed by atoms with Gasteiger partial charge in [0, 0.05) is 44.2 Å². The summed E-state index contributed by atoms with van der Waals surface area (Å²) in [6.07, 6.45) is 0. The van der Waals surface area contributed by atoms with E-state index in [0.717, 1.165) is 36.5 Å². The first-order valence-electron chi connectivity index (χ1n) is 7.20. The van der Waals surface area contributed by atoms with E-state index in [1.54, 1.807) is 0 Å². The second kappa shape index (κ2) is 5.65. The average Bonchev–Trinajstić information content (AvgIpc) is 2.95. The summed E-state index contributed by atoms with van der Waals surface area (Å²) in [6.45, 7) is 9.20. The Morgan fingerprint density at radius 3 is 2.70 bits per heavy atom. The van der Waals surface area contributed by atoms with Gasteiger partial charge in [-0.05, 0) is 13.8 Å². The molecule has 0 bridgehead atoms. The van der Waals surface area contributed by atoms with E-state index in [1.807, 2.05) is 23.4 Å². The minimum atomic E-state index is 0.606. The van der Waals surface area contributed by atoms with Crippen molar-refractivity contribution in [3.8, 4) is 0 Å². The van der Waals surface area contributed by atoms with Crippen molar-refractivity contribution in [1.82, 2.24) is 24.2 Å². The van der Waals surface area contributed by atoms with Crippen LogP contribution in [0.25, 0.3) is 11.2 Å². The number of aryl methyl sites for hydroxylation is 2. The first-order chi connectivity index (χ1) is 9.70. The maximum atomic E-state index is 6.09. The summed E-state index contributed by atoms with van der Waals surface area (Å²) in [6, 6.07) is 0. The molecule has 1 aliphatic rings. The Labute approximate surface area is 123 Å². The molecule has 110 valence electrons. The highest BCUT2D eigenvalue weighted by Gasteiger charge is 2.17. The second-order valence-electron chi connectivity index (χ2n) is 5.15. The summed E-state index contributed by atoms with van der Waals surface area (Å²) in [5.74, 6) is 3.08. The Kier molecular flexibility index (Phi) is 3.89.